The summed E-state index contributed by atoms with van der Waals surface area (Å²) in [4.78, 5) is 14.3. The number of aromatic nitrogens is 1. The van der Waals surface area contributed by atoms with Crippen molar-refractivity contribution in [2.75, 3.05) is 7.11 Å². The summed E-state index contributed by atoms with van der Waals surface area (Å²) in [5.74, 6) is 0.0334. The molecule has 1 aromatic rings. The molecule has 13 heavy (non-hydrogen) atoms. The van der Waals surface area contributed by atoms with E-state index in [1.807, 2.05) is 0 Å². The molecule has 72 valence electrons. The number of oxazole rings is 1. The van der Waals surface area contributed by atoms with Crippen LogP contribution in [0.2, 0.25) is 0 Å². The van der Waals surface area contributed by atoms with Crippen LogP contribution in [-0.4, -0.2) is 23.2 Å². The average molecular weight is 185 g/mol. The number of nitrogens with zero attached hydrogens (tertiary/aromatic N) is 1. The fraction of sp³-hybridized carbons (Fsp3) is 0.500. The maximum absolute atomic E-state index is 10.4. The Labute approximate surface area is 75.3 Å². The summed E-state index contributed by atoms with van der Waals surface area (Å²) in [5.41, 5.74) is 0.458. The van der Waals surface area contributed by atoms with Gasteiger partial charge in [-0.25, -0.2) is 4.98 Å². The summed E-state index contributed by atoms with van der Waals surface area (Å²) in [6.45, 7) is 1.95. The van der Waals surface area contributed by atoms with Crippen molar-refractivity contribution in [1.82, 2.24) is 4.98 Å². The highest BCUT2D eigenvalue weighted by atomic mass is 16.5. The van der Waals surface area contributed by atoms with Crippen LogP contribution in [0.5, 0.6) is 0 Å². The molecule has 5 heteroatoms. The van der Waals surface area contributed by atoms with E-state index >= 15 is 0 Å². The van der Waals surface area contributed by atoms with Gasteiger partial charge >= 0.3 is 5.97 Å². The van der Waals surface area contributed by atoms with Gasteiger partial charge in [-0.3, -0.25) is 4.79 Å². The zero-order valence-electron chi connectivity index (χ0n) is 7.53. The van der Waals surface area contributed by atoms with E-state index in [4.69, 9.17) is 14.3 Å². The second-order valence-corrected chi connectivity index (χ2v) is 2.61. The molecule has 0 aliphatic rings. The molecule has 0 fully saturated rings. The number of aryl methyl sites for hydroxylation is 1. The lowest BCUT2D eigenvalue weighted by atomic mass is 10.3. The van der Waals surface area contributed by atoms with Crippen LogP contribution >= 0.6 is 0 Å². The molecule has 0 amide bonds. The third kappa shape index (κ3) is 2.55. The van der Waals surface area contributed by atoms with Gasteiger partial charge in [0.25, 0.3) is 0 Å². The molecule has 0 bridgehead atoms. The van der Waals surface area contributed by atoms with Gasteiger partial charge in [-0.05, 0) is 6.92 Å². The monoisotopic (exact) mass is 185 g/mol. The van der Waals surface area contributed by atoms with Crippen LogP contribution in [0.1, 0.15) is 17.3 Å². The van der Waals surface area contributed by atoms with Crippen molar-refractivity contribution in [1.29, 1.82) is 0 Å². The van der Waals surface area contributed by atoms with Crippen LogP contribution in [0.25, 0.3) is 0 Å². The van der Waals surface area contributed by atoms with Gasteiger partial charge in [-0.2, -0.15) is 0 Å². The van der Waals surface area contributed by atoms with Gasteiger partial charge in [-0.15, -0.1) is 0 Å². The Morgan fingerprint density at radius 1 is 1.69 bits per heavy atom. The molecular formula is C8H11NO4. The Hall–Kier alpha value is -1.36. The summed E-state index contributed by atoms with van der Waals surface area (Å²) in [5, 5.41) is 8.52. The number of rotatable bonds is 4. The molecule has 0 unspecified atom stereocenters. The van der Waals surface area contributed by atoms with Gasteiger partial charge < -0.3 is 14.3 Å². The number of carbonyl (C=O) groups is 1. The number of ether oxygens (including phenoxy) is 1. The second kappa shape index (κ2) is 4.04. The molecule has 0 spiro atoms. The number of hydrogen-bond donors (Lipinski definition) is 1. The minimum Gasteiger partial charge on any atom is -0.481 e. The maximum Gasteiger partial charge on any atom is 0.309 e. The molecule has 1 N–H and O–H groups in total. The average Bonchev–Trinajstić information content (AvgIpc) is 2.31. The predicted octanol–water partition coefficient (Wildman–Crippen LogP) is 0.757. The number of carboxylic acids is 1. The Balaban J connectivity index is 2.77. The molecule has 0 aromatic carbocycles. The molecule has 0 radical (unpaired) electrons. The Morgan fingerprint density at radius 2 is 2.38 bits per heavy atom. The fourth-order valence-corrected chi connectivity index (χ4v) is 0.980. The standard InChI is InChI=1S/C8H11NO4/c1-5-6(3-8(10)11)9-7(13-5)4-12-2/h3-4H2,1-2H3,(H,10,11). The van der Waals surface area contributed by atoms with Crippen molar-refractivity contribution < 1.29 is 19.1 Å². The summed E-state index contributed by atoms with van der Waals surface area (Å²) < 4.78 is 9.95. The van der Waals surface area contributed by atoms with Crippen molar-refractivity contribution in [2.45, 2.75) is 20.0 Å². The quantitative estimate of drug-likeness (QED) is 0.749. The van der Waals surface area contributed by atoms with E-state index in [0.717, 1.165) is 0 Å². The van der Waals surface area contributed by atoms with E-state index in [0.29, 0.717) is 17.3 Å². The summed E-state index contributed by atoms with van der Waals surface area (Å²) in [6, 6.07) is 0. The lowest BCUT2D eigenvalue weighted by Gasteiger charge is -1.88. The highest BCUT2D eigenvalue weighted by Gasteiger charge is 2.11. The molecule has 0 aliphatic heterocycles. The van der Waals surface area contributed by atoms with Crippen molar-refractivity contribution in [3.63, 3.8) is 0 Å². The largest absolute Gasteiger partial charge is 0.481 e. The van der Waals surface area contributed by atoms with Crippen LogP contribution < -0.4 is 0 Å². The zero-order valence-corrected chi connectivity index (χ0v) is 7.53. The molecule has 5 nitrogen and oxygen atoms in total. The third-order valence-electron chi connectivity index (χ3n) is 1.52. The van der Waals surface area contributed by atoms with E-state index in [-0.39, 0.29) is 13.0 Å². The highest BCUT2D eigenvalue weighted by molar-refractivity contribution is 5.69. The van der Waals surface area contributed by atoms with Gasteiger partial charge in [0.15, 0.2) is 0 Å². The first-order valence-corrected chi connectivity index (χ1v) is 3.79. The van der Waals surface area contributed by atoms with Gasteiger partial charge in [0.05, 0.1) is 12.1 Å². The highest BCUT2D eigenvalue weighted by Crippen LogP contribution is 2.10. The molecule has 0 aliphatic carbocycles. The van der Waals surface area contributed by atoms with E-state index in [9.17, 15) is 4.79 Å². The first kappa shape index (κ1) is 9.73. The van der Waals surface area contributed by atoms with Crippen LogP contribution in [0.4, 0.5) is 0 Å². The molecule has 1 heterocycles. The van der Waals surface area contributed by atoms with E-state index in [1.165, 1.54) is 7.11 Å². The van der Waals surface area contributed by atoms with E-state index < -0.39 is 5.97 Å². The zero-order chi connectivity index (χ0) is 9.84. The summed E-state index contributed by atoms with van der Waals surface area (Å²) in [6.07, 6.45) is -0.112. The van der Waals surface area contributed by atoms with Crippen molar-refractivity contribution in [3.8, 4) is 0 Å². The summed E-state index contributed by atoms with van der Waals surface area (Å²) >= 11 is 0. The van der Waals surface area contributed by atoms with Gasteiger partial charge in [0, 0.05) is 7.11 Å². The topological polar surface area (TPSA) is 72.6 Å². The number of methoxy groups -OCH3 is 1. The van der Waals surface area contributed by atoms with Crippen LogP contribution in [-0.2, 0) is 22.6 Å². The van der Waals surface area contributed by atoms with Crippen LogP contribution in [0, 0.1) is 6.92 Å². The van der Waals surface area contributed by atoms with Crippen LogP contribution in [0.3, 0.4) is 0 Å². The molecular weight excluding hydrogens is 174 g/mol. The number of aliphatic carboxylic acids is 1. The maximum atomic E-state index is 10.4. The van der Waals surface area contributed by atoms with Crippen molar-refractivity contribution in [2.24, 2.45) is 0 Å². The first-order valence-electron chi connectivity index (χ1n) is 3.79. The molecule has 0 saturated carbocycles. The number of carboxylic acid groups (broad SMARTS) is 1. The Bertz CT molecular complexity index is 305. The van der Waals surface area contributed by atoms with E-state index in [1.54, 1.807) is 6.92 Å². The van der Waals surface area contributed by atoms with Crippen molar-refractivity contribution in [3.05, 3.63) is 17.3 Å². The van der Waals surface area contributed by atoms with Crippen molar-refractivity contribution >= 4 is 5.97 Å². The molecule has 0 atom stereocenters. The predicted molar refractivity (Wildman–Crippen MR) is 43.3 cm³/mol. The molecule has 1 rings (SSSR count). The molecule has 0 saturated heterocycles. The smallest absolute Gasteiger partial charge is 0.309 e. The Morgan fingerprint density at radius 3 is 2.92 bits per heavy atom. The minimum atomic E-state index is -0.916. The normalized spacial score (nSPS) is 10.3. The second-order valence-electron chi connectivity index (χ2n) is 2.61. The minimum absolute atomic E-state index is 0.112. The first-order chi connectivity index (χ1) is 6.13. The molecule has 1 aromatic heterocycles. The summed E-state index contributed by atoms with van der Waals surface area (Å²) in [7, 11) is 1.52. The Kier molecular flexibility index (Phi) is 3.02. The lowest BCUT2D eigenvalue weighted by Crippen LogP contribution is -2.01. The van der Waals surface area contributed by atoms with Gasteiger partial charge in [0.1, 0.15) is 12.4 Å². The van der Waals surface area contributed by atoms with Gasteiger partial charge in [-0.1, -0.05) is 0 Å². The van der Waals surface area contributed by atoms with Crippen LogP contribution in [0.15, 0.2) is 4.42 Å². The lowest BCUT2D eigenvalue weighted by molar-refractivity contribution is -0.136. The third-order valence-corrected chi connectivity index (χ3v) is 1.52. The SMILES string of the molecule is COCc1nc(CC(=O)O)c(C)o1. The fourth-order valence-electron chi connectivity index (χ4n) is 0.980. The van der Waals surface area contributed by atoms with E-state index in [2.05, 4.69) is 4.98 Å². The number of hydrogen-bond acceptors (Lipinski definition) is 4. The van der Waals surface area contributed by atoms with Gasteiger partial charge in [0.2, 0.25) is 5.89 Å².